The van der Waals surface area contributed by atoms with Crippen LogP contribution in [0.1, 0.15) is 0 Å². The molecule has 0 unspecified atom stereocenters. The highest BCUT2D eigenvalue weighted by Gasteiger charge is 2.13. The first kappa shape index (κ1) is 21.8. The van der Waals surface area contributed by atoms with Gasteiger partial charge in [0.1, 0.15) is 11.4 Å². The quantitative estimate of drug-likeness (QED) is 0.315. The average molecular weight is 524 g/mol. The van der Waals surface area contributed by atoms with Crippen LogP contribution in [0.5, 0.6) is 0 Å². The lowest BCUT2D eigenvalue weighted by molar-refractivity contribution is -0.00100. The number of hydrogen-bond donors (Lipinski definition) is 0. The Morgan fingerprint density at radius 1 is 0.455 bits per heavy atom. The molecule has 2 aromatic rings. The Hall–Kier alpha value is -0.180. The van der Waals surface area contributed by atoms with E-state index < -0.39 is 0 Å². The van der Waals surface area contributed by atoms with Crippen molar-refractivity contribution in [3.63, 3.8) is 0 Å². The van der Waals surface area contributed by atoms with E-state index in [0.717, 1.165) is 8.97 Å². The van der Waals surface area contributed by atoms with Crippen molar-refractivity contribution in [1.29, 1.82) is 0 Å². The van der Waals surface area contributed by atoms with Crippen molar-refractivity contribution in [3.8, 4) is 11.1 Å². The highest BCUT2D eigenvalue weighted by Crippen LogP contribution is 2.26. The van der Waals surface area contributed by atoms with E-state index in [0.29, 0.717) is 0 Å². The van der Waals surface area contributed by atoms with E-state index in [1.165, 1.54) is 22.5 Å². The van der Waals surface area contributed by atoms with Gasteiger partial charge in [-0.25, -0.2) is 0 Å². The minimum absolute atomic E-state index is 0. The molecule has 122 valence electrons. The van der Waals surface area contributed by atoms with E-state index in [4.69, 9.17) is 0 Å². The van der Waals surface area contributed by atoms with Gasteiger partial charge in [-0.3, -0.25) is 8.97 Å². The molecule has 0 aliphatic rings. The third-order valence-corrected chi connectivity index (χ3v) is 3.62. The molecular weight excluding hydrogens is 498 g/mol. The fraction of sp³-hybridized carbons (Fsp3) is 0.333. The fourth-order valence-corrected chi connectivity index (χ4v) is 2.20. The van der Waals surface area contributed by atoms with Crippen LogP contribution in [0.15, 0.2) is 48.5 Å². The Morgan fingerprint density at radius 3 is 0.864 bits per heavy atom. The van der Waals surface area contributed by atoms with Crippen molar-refractivity contribution in [2.45, 2.75) is 0 Å². The van der Waals surface area contributed by atoms with Crippen molar-refractivity contribution >= 4 is 11.4 Å². The molecule has 2 rings (SSSR count). The molecule has 0 atom stereocenters. The monoisotopic (exact) mass is 524 g/mol. The van der Waals surface area contributed by atoms with Gasteiger partial charge in [-0.2, -0.15) is 0 Å². The van der Waals surface area contributed by atoms with Gasteiger partial charge in [0.15, 0.2) is 0 Å². The van der Waals surface area contributed by atoms with Crippen LogP contribution in [0.25, 0.3) is 11.1 Å². The summed E-state index contributed by atoms with van der Waals surface area (Å²) < 4.78 is 1.70. The second kappa shape index (κ2) is 8.08. The molecule has 0 saturated heterocycles. The largest absolute Gasteiger partial charge is 1.00 e. The van der Waals surface area contributed by atoms with E-state index in [1.807, 2.05) is 0 Å². The molecular formula is C18H26I2N2. The lowest BCUT2D eigenvalue weighted by atomic mass is 10.0. The summed E-state index contributed by atoms with van der Waals surface area (Å²) in [7, 11) is 13.1. The third kappa shape index (κ3) is 5.47. The number of quaternary nitrogens is 2. The Morgan fingerprint density at radius 2 is 0.682 bits per heavy atom. The van der Waals surface area contributed by atoms with E-state index in [1.54, 1.807) is 0 Å². The van der Waals surface area contributed by atoms with Crippen LogP contribution >= 0.6 is 0 Å². The van der Waals surface area contributed by atoms with Crippen LogP contribution in [0.4, 0.5) is 11.4 Å². The van der Waals surface area contributed by atoms with E-state index in [-0.39, 0.29) is 48.0 Å². The van der Waals surface area contributed by atoms with Gasteiger partial charge in [0.2, 0.25) is 0 Å². The SMILES string of the molecule is C[N+](C)(C)c1ccc(-c2ccc([N+](C)(C)C)cc2)cc1.[I-].[I-]. The minimum atomic E-state index is 0. The van der Waals surface area contributed by atoms with Gasteiger partial charge in [-0.05, 0) is 59.7 Å². The van der Waals surface area contributed by atoms with Crippen LogP contribution in [0.2, 0.25) is 0 Å². The fourth-order valence-electron chi connectivity index (χ4n) is 2.20. The molecule has 4 heteroatoms. The molecule has 0 fully saturated rings. The number of halogens is 2. The summed E-state index contributed by atoms with van der Waals surface area (Å²) in [5.74, 6) is 0. The molecule has 0 N–H and O–H groups in total. The van der Waals surface area contributed by atoms with Gasteiger partial charge in [-0.15, -0.1) is 0 Å². The maximum atomic E-state index is 2.21. The molecule has 0 aliphatic carbocycles. The second-order valence-electron chi connectivity index (χ2n) is 7.12. The zero-order chi connectivity index (χ0) is 15.0. The van der Waals surface area contributed by atoms with Gasteiger partial charge in [0, 0.05) is 0 Å². The zero-order valence-electron chi connectivity index (χ0n) is 14.3. The first-order valence-corrected chi connectivity index (χ1v) is 7.02. The lowest BCUT2D eigenvalue weighted by Crippen LogP contribution is -3.00. The minimum Gasteiger partial charge on any atom is -1.00 e. The summed E-state index contributed by atoms with van der Waals surface area (Å²) in [5.41, 5.74) is 5.18. The number of rotatable bonds is 3. The van der Waals surface area contributed by atoms with Crippen LogP contribution in [-0.2, 0) is 0 Å². The Labute approximate surface area is 169 Å². The van der Waals surface area contributed by atoms with Crippen LogP contribution in [-0.4, -0.2) is 42.3 Å². The molecule has 0 radical (unpaired) electrons. The van der Waals surface area contributed by atoms with Crippen molar-refractivity contribution in [3.05, 3.63) is 48.5 Å². The van der Waals surface area contributed by atoms with Crippen molar-refractivity contribution in [2.75, 3.05) is 42.3 Å². The number of hydrogen-bond acceptors (Lipinski definition) is 0. The Bertz CT molecular complexity index is 521. The van der Waals surface area contributed by atoms with Crippen LogP contribution in [0, 0.1) is 0 Å². The molecule has 0 bridgehead atoms. The number of nitrogens with zero attached hydrogens (tertiary/aromatic N) is 2. The van der Waals surface area contributed by atoms with Crippen LogP contribution in [0.3, 0.4) is 0 Å². The summed E-state index contributed by atoms with van der Waals surface area (Å²) in [4.78, 5) is 0. The van der Waals surface area contributed by atoms with E-state index >= 15 is 0 Å². The van der Waals surface area contributed by atoms with Crippen molar-refractivity contribution < 1.29 is 48.0 Å². The first-order chi connectivity index (χ1) is 9.18. The van der Waals surface area contributed by atoms with Gasteiger partial charge in [-0.1, -0.05) is 0 Å². The summed E-state index contributed by atoms with van der Waals surface area (Å²) in [6.07, 6.45) is 0. The molecule has 2 aromatic carbocycles. The smallest absolute Gasteiger partial charge is 0.132 e. The predicted molar refractivity (Wildman–Crippen MR) is 91.0 cm³/mol. The molecule has 0 saturated carbocycles. The highest BCUT2D eigenvalue weighted by atomic mass is 127. The maximum Gasteiger partial charge on any atom is 0.132 e. The van der Waals surface area contributed by atoms with Gasteiger partial charge in [0.05, 0.1) is 42.3 Å². The van der Waals surface area contributed by atoms with Crippen molar-refractivity contribution in [1.82, 2.24) is 8.97 Å². The highest BCUT2D eigenvalue weighted by molar-refractivity contribution is 5.67. The third-order valence-electron chi connectivity index (χ3n) is 3.62. The normalized spacial score (nSPS) is 11.4. The van der Waals surface area contributed by atoms with E-state index in [2.05, 4.69) is 90.8 Å². The molecule has 22 heavy (non-hydrogen) atoms. The number of benzene rings is 2. The molecule has 2 nitrogen and oxygen atoms in total. The lowest BCUT2D eigenvalue weighted by Gasteiger charge is -2.24. The summed E-state index contributed by atoms with van der Waals surface area (Å²) in [5, 5.41) is 0. The Balaban J connectivity index is 0.00000220. The van der Waals surface area contributed by atoms with E-state index in [9.17, 15) is 0 Å². The molecule has 0 aromatic heterocycles. The molecule has 0 heterocycles. The molecule has 0 aliphatic heterocycles. The Kier molecular flexibility index (Phi) is 8.01. The maximum absolute atomic E-state index is 2.21. The predicted octanol–water partition coefficient (Wildman–Crippen LogP) is -2.24. The second-order valence-corrected chi connectivity index (χ2v) is 7.12. The van der Waals surface area contributed by atoms with Gasteiger partial charge < -0.3 is 48.0 Å². The average Bonchev–Trinajstić information content (AvgIpc) is 2.37. The summed E-state index contributed by atoms with van der Waals surface area (Å²) in [6, 6.07) is 17.7. The van der Waals surface area contributed by atoms with Gasteiger partial charge >= 0.3 is 0 Å². The van der Waals surface area contributed by atoms with Crippen molar-refractivity contribution in [2.24, 2.45) is 0 Å². The standard InChI is InChI=1S/C18H26N2.2HI/c1-19(2,3)17-11-7-15(8-12-17)16-9-13-18(14-10-16)20(4,5)6;;/h7-14H,1-6H3;2*1H/q+2;;/p-2. The molecule has 0 spiro atoms. The topological polar surface area (TPSA) is 0 Å². The first-order valence-electron chi connectivity index (χ1n) is 7.02. The van der Waals surface area contributed by atoms with Gasteiger partial charge in [0.25, 0.3) is 0 Å². The molecule has 0 amide bonds. The summed E-state index contributed by atoms with van der Waals surface area (Å²) >= 11 is 0. The summed E-state index contributed by atoms with van der Waals surface area (Å²) in [6.45, 7) is 0. The van der Waals surface area contributed by atoms with Crippen LogP contribution < -0.4 is 56.9 Å². The zero-order valence-corrected chi connectivity index (χ0v) is 18.6.